The minimum absolute atomic E-state index is 0.0844. The number of hydrogen-bond acceptors (Lipinski definition) is 4. The maximum absolute atomic E-state index is 11.7. The van der Waals surface area contributed by atoms with Crippen LogP contribution in [0.15, 0.2) is 18.7 Å². The Labute approximate surface area is 111 Å². The van der Waals surface area contributed by atoms with Gasteiger partial charge >= 0.3 is 0 Å². The molecule has 19 heavy (non-hydrogen) atoms. The molecule has 0 aliphatic rings. The molecule has 0 saturated heterocycles. The highest BCUT2D eigenvalue weighted by atomic mass is 16.2. The van der Waals surface area contributed by atoms with E-state index in [1.807, 2.05) is 31.5 Å². The predicted molar refractivity (Wildman–Crippen MR) is 69.4 cm³/mol. The average molecular weight is 262 g/mol. The van der Waals surface area contributed by atoms with Crippen molar-refractivity contribution in [2.24, 2.45) is 0 Å². The molecule has 1 N–H and O–H groups in total. The van der Waals surface area contributed by atoms with E-state index in [1.54, 1.807) is 0 Å². The molecule has 0 fully saturated rings. The van der Waals surface area contributed by atoms with Gasteiger partial charge in [0.2, 0.25) is 5.91 Å². The van der Waals surface area contributed by atoms with Crippen LogP contribution >= 0.6 is 0 Å². The van der Waals surface area contributed by atoms with Crippen LogP contribution in [0.25, 0.3) is 0 Å². The second kappa shape index (κ2) is 5.64. The van der Waals surface area contributed by atoms with E-state index >= 15 is 0 Å². The third kappa shape index (κ3) is 3.40. The van der Waals surface area contributed by atoms with Crippen LogP contribution < -0.4 is 5.32 Å². The summed E-state index contributed by atoms with van der Waals surface area (Å²) < 4.78 is 3.41. The number of nitrogens with one attached hydrogen (secondary N) is 1. The third-order valence-electron chi connectivity index (χ3n) is 2.83. The standard InChI is InChI=1S/C12H18N6O/c1-9-4-10(2)18(16-9)11(3)5-14-12(19)6-17-8-13-7-15-17/h4,7-8,11H,5-6H2,1-3H3,(H,14,19)/t11-/m0/s1. The van der Waals surface area contributed by atoms with Gasteiger partial charge in [0.15, 0.2) is 0 Å². The molecule has 0 saturated carbocycles. The summed E-state index contributed by atoms with van der Waals surface area (Å²) in [7, 11) is 0. The van der Waals surface area contributed by atoms with Gasteiger partial charge in [-0.15, -0.1) is 0 Å². The second-order valence-electron chi connectivity index (χ2n) is 4.62. The quantitative estimate of drug-likeness (QED) is 0.849. The lowest BCUT2D eigenvalue weighted by atomic mass is 10.3. The summed E-state index contributed by atoms with van der Waals surface area (Å²) >= 11 is 0. The molecule has 0 aromatic carbocycles. The van der Waals surface area contributed by atoms with Crippen molar-refractivity contribution >= 4 is 5.91 Å². The van der Waals surface area contributed by atoms with Crippen LogP contribution in [0.5, 0.6) is 0 Å². The van der Waals surface area contributed by atoms with Crippen LogP contribution in [0.3, 0.4) is 0 Å². The molecule has 2 heterocycles. The van der Waals surface area contributed by atoms with Crippen molar-refractivity contribution in [1.82, 2.24) is 29.9 Å². The molecule has 2 rings (SSSR count). The van der Waals surface area contributed by atoms with E-state index in [1.165, 1.54) is 17.3 Å². The van der Waals surface area contributed by atoms with Crippen molar-refractivity contribution in [3.05, 3.63) is 30.1 Å². The van der Waals surface area contributed by atoms with Crippen molar-refractivity contribution in [2.75, 3.05) is 6.54 Å². The van der Waals surface area contributed by atoms with E-state index in [9.17, 15) is 4.79 Å². The Balaban J connectivity index is 1.85. The molecule has 0 aliphatic carbocycles. The average Bonchev–Trinajstić information content (AvgIpc) is 2.96. The number of carbonyl (C=O) groups is 1. The maximum atomic E-state index is 11.7. The van der Waals surface area contributed by atoms with Gasteiger partial charge < -0.3 is 5.32 Å². The van der Waals surface area contributed by atoms with Gasteiger partial charge in [-0.05, 0) is 26.8 Å². The molecule has 0 unspecified atom stereocenters. The van der Waals surface area contributed by atoms with Crippen LogP contribution in [0.4, 0.5) is 0 Å². The molecule has 1 atom stereocenters. The Morgan fingerprint density at radius 3 is 2.84 bits per heavy atom. The minimum Gasteiger partial charge on any atom is -0.352 e. The highest BCUT2D eigenvalue weighted by Gasteiger charge is 2.11. The van der Waals surface area contributed by atoms with Gasteiger partial charge in [0.1, 0.15) is 19.2 Å². The van der Waals surface area contributed by atoms with E-state index in [0.29, 0.717) is 6.54 Å². The van der Waals surface area contributed by atoms with Crippen molar-refractivity contribution in [3.8, 4) is 0 Å². The SMILES string of the molecule is Cc1cc(C)n([C@@H](C)CNC(=O)Cn2cncn2)n1. The molecule has 1 amide bonds. The fourth-order valence-electron chi connectivity index (χ4n) is 1.96. The van der Waals surface area contributed by atoms with Crippen molar-refractivity contribution in [3.63, 3.8) is 0 Å². The van der Waals surface area contributed by atoms with Gasteiger partial charge in [-0.3, -0.25) is 9.48 Å². The third-order valence-corrected chi connectivity index (χ3v) is 2.83. The zero-order valence-corrected chi connectivity index (χ0v) is 11.4. The maximum Gasteiger partial charge on any atom is 0.241 e. The first-order valence-corrected chi connectivity index (χ1v) is 6.18. The van der Waals surface area contributed by atoms with Crippen LogP contribution in [-0.2, 0) is 11.3 Å². The first kappa shape index (κ1) is 13.3. The Kier molecular flexibility index (Phi) is 3.94. The van der Waals surface area contributed by atoms with Gasteiger partial charge in [0.25, 0.3) is 0 Å². The zero-order chi connectivity index (χ0) is 13.8. The molecule has 7 heteroatoms. The molecule has 0 radical (unpaired) electrons. The number of aromatic nitrogens is 5. The lowest BCUT2D eigenvalue weighted by Gasteiger charge is -2.15. The highest BCUT2D eigenvalue weighted by Crippen LogP contribution is 2.09. The van der Waals surface area contributed by atoms with E-state index in [2.05, 4.69) is 20.5 Å². The number of carbonyl (C=O) groups excluding carboxylic acids is 1. The summed E-state index contributed by atoms with van der Waals surface area (Å²) in [5.74, 6) is -0.0844. The van der Waals surface area contributed by atoms with Gasteiger partial charge in [0, 0.05) is 12.2 Å². The van der Waals surface area contributed by atoms with Crippen LogP contribution in [-0.4, -0.2) is 37.0 Å². The molecule has 7 nitrogen and oxygen atoms in total. The largest absolute Gasteiger partial charge is 0.352 e. The van der Waals surface area contributed by atoms with Crippen molar-refractivity contribution in [2.45, 2.75) is 33.4 Å². The fourth-order valence-corrected chi connectivity index (χ4v) is 1.96. The summed E-state index contributed by atoms with van der Waals surface area (Å²) in [6, 6.07) is 2.14. The summed E-state index contributed by atoms with van der Waals surface area (Å²) in [5.41, 5.74) is 2.08. The monoisotopic (exact) mass is 262 g/mol. The predicted octanol–water partition coefficient (Wildman–Crippen LogP) is 0.469. The summed E-state index contributed by atoms with van der Waals surface area (Å²) in [6.07, 6.45) is 2.93. The lowest BCUT2D eigenvalue weighted by molar-refractivity contribution is -0.122. The smallest absolute Gasteiger partial charge is 0.241 e. The molecule has 2 aromatic heterocycles. The van der Waals surface area contributed by atoms with Crippen LogP contribution in [0.2, 0.25) is 0 Å². The number of amides is 1. The van der Waals surface area contributed by atoms with Gasteiger partial charge in [-0.25, -0.2) is 9.67 Å². The molecule has 0 spiro atoms. The van der Waals surface area contributed by atoms with Gasteiger partial charge in [-0.1, -0.05) is 0 Å². The summed E-state index contributed by atoms with van der Waals surface area (Å²) in [6.45, 7) is 6.71. The summed E-state index contributed by atoms with van der Waals surface area (Å²) in [5, 5.41) is 11.2. The lowest BCUT2D eigenvalue weighted by Crippen LogP contribution is -2.33. The van der Waals surface area contributed by atoms with Crippen LogP contribution in [0.1, 0.15) is 24.4 Å². The number of hydrogen-bond donors (Lipinski definition) is 1. The Morgan fingerprint density at radius 1 is 1.47 bits per heavy atom. The van der Waals surface area contributed by atoms with E-state index in [0.717, 1.165) is 11.4 Å². The van der Waals surface area contributed by atoms with Gasteiger partial charge in [0.05, 0.1) is 11.7 Å². The zero-order valence-electron chi connectivity index (χ0n) is 11.4. The second-order valence-corrected chi connectivity index (χ2v) is 4.62. The molecule has 0 aliphatic heterocycles. The summed E-state index contributed by atoms with van der Waals surface area (Å²) in [4.78, 5) is 15.5. The number of aryl methyl sites for hydroxylation is 2. The Morgan fingerprint density at radius 2 is 2.26 bits per heavy atom. The Hall–Kier alpha value is -2.18. The van der Waals surface area contributed by atoms with Crippen molar-refractivity contribution in [1.29, 1.82) is 0 Å². The van der Waals surface area contributed by atoms with E-state index in [-0.39, 0.29) is 18.5 Å². The first-order chi connectivity index (χ1) is 9.06. The van der Waals surface area contributed by atoms with E-state index in [4.69, 9.17) is 0 Å². The van der Waals surface area contributed by atoms with Crippen LogP contribution in [0, 0.1) is 13.8 Å². The topological polar surface area (TPSA) is 77.6 Å². The minimum atomic E-state index is -0.0844. The Bertz CT molecular complexity index is 545. The molecular weight excluding hydrogens is 244 g/mol. The van der Waals surface area contributed by atoms with Gasteiger partial charge in [-0.2, -0.15) is 10.2 Å². The fraction of sp³-hybridized carbons (Fsp3) is 0.500. The van der Waals surface area contributed by atoms with E-state index < -0.39 is 0 Å². The normalized spacial score (nSPS) is 12.4. The molecular formula is C12H18N6O. The first-order valence-electron chi connectivity index (χ1n) is 6.18. The molecule has 102 valence electrons. The number of rotatable bonds is 5. The number of nitrogens with zero attached hydrogens (tertiary/aromatic N) is 5. The molecule has 0 bridgehead atoms. The van der Waals surface area contributed by atoms with Crippen molar-refractivity contribution < 1.29 is 4.79 Å². The molecule has 2 aromatic rings. The highest BCUT2D eigenvalue weighted by molar-refractivity contribution is 5.75.